The number of para-hydroxylation sites is 4. The first-order chi connectivity index (χ1) is 47.1. The molecule has 0 atom stereocenters. The molecule has 16 heteroatoms. The predicted octanol–water partition coefficient (Wildman–Crippen LogP) is 24.4. The average Bonchev–Trinajstić information content (AvgIpc) is 1.54. The molecule has 0 bridgehead atoms. The van der Waals surface area contributed by atoms with E-state index in [-0.39, 0.29) is 39.4 Å². The molecule has 16 aromatic rings. The number of fused-ring (bicyclic) bond motifs is 12. The fraction of sp³-hybridized carbons (Fsp3) is 0.0854. The van der Waals surface area contributed by atoms with Crippen molar-refractivity contribution in [3.8, 4) is 51.1 Å². The first kappa shape index (κ1) is 61.8. The molecule has 476 valence electrons. The smallest absolute Gasteiger partial charge is 0.309 e. The van der Waals surface area contributed by atoms with Gasteiger partial charge in [-0.25, -0.2) is 9.69 Å². The Morgan fingerprint density at radius 1 is 0.337 bits per heavy atom. The summed E-state index contributed by atoms with van der Waals surface area (Å²) >= 11 is 0. The first-order valence-electron chi connectivity index (χ1n) is 31.1. The van der Waals surface area contributed by atoms with Gasteiger partial charge in [0.05, 0.1) is 80.0 Å². The standard InChI is InChI=1S/C41H25F6N3.C41H25F3N4/c1-23-10-8-16-33-36(23)29-12-4-6-14-31(29)49(33)35-19-18-28(25-20-26(40(42,43)44)22-27(21-25)48-3)39(38(35)41(45,46)47)50-32-15-7-5-13-30(32)37-24(2)11-9-17-34(37)50;1-24-10-8-16-36-38(24)30-12-4-6-14-33(30)47(36)35-19-18-29(26-20-27(41(42,43)44)22-28(21-26)46-3)40(32(35)23-45)48-34-15-7-5-13-31(34)39-25(2)11-9-17-37(39)48/h4-22H,1-2H3;4-22H,1-2H3. The third-order valence-electron chi connectivity index (χ3n) is 18.6. The number of halogens is 9. The molecule has 0 aliphatic carbocycles. The number of nitrogens with zero attached hydrogens (tertiary/aromatic N) is 7. The minimum Gasteiger partial charge on any atom is -0.309 e. The number of rotatable bonds is 6. The van der Waals surface area contributed by atoms with Crippen LogP contribution in [-0.4, -0.2) is 18.3 Å². The van der Waals surface area contributed by atoms with Gasteiger partial charge in [-0.3, -0.25) is 0 Å². The van der Waals surface area contributed by atoms with E-state index in [1.807, 2.05) is 135 Å². The van der Waals surface area contributed by atoms with Crippen molar-refractivity contribution >= 4 is 98.6 Å². The van der Waals surface area contributed by atoms with Gasteiger partial charge in [-0.2, -0.15) is 44.8 Å². The van der Waals surface area contributed by atoms with Crippen molar-refractivity contribution in [3.63, 3.8) is 0 Å². The second-order valence-corrected chi connectivity index (χ2v) is 24.4. The minimum absolute atomic E-state index is 0.0989. The summed E-state index contributed by atoms with van der Waals surface area (Å²) in [6.07, 6.45) is -14.5. The van der Waals surface area contributed by atoms with Crippen LogP contribution in [0.5, 0.6) is 0 Å². The molecule has 0 saturated heterocycles. The van der Waals surface area contributed by atoms with Crippen molar-refractivity contribution in [2.45, 2.75) is 46.2 Å². The number of alkyl halides is 9. The van der Waals surface area contributed by atoms with Crippen molar-refractivity contribution in [2.75, 3.05) is 0 Å². The van der Waals surface area contributed by atoms with Crippen LogP contribution in [-0.2, 0) is 18.5 Å². The molecule has 0 aliphatic rings. The summed E-state index contributed by atoms with van der Waals surface area (Å²) in [7, 11) is 0. The van der Waals surface area contributed by atoms with Crippen LogP contribution in [0.25, 0.3) is 142 Å². The maximum Gasteiger partial charge on any atom is 0.420 e. The molecule has 0 saturated carbocycles. The highest BCUT2D eigenvalue weighted by atomic mass is 19.4. The van der Waals surface area contributed by atoms with Crippen LogP contribution in [0.1, 0.15) is 44.5 Å². The lowest BCUT2D eigenvalue weighted by molar-refractivity contribution is -0.138. The average molecular weight is 1300 g/mol. The molecule has 98 heavy (non-hydrogen) atoms. The number of aryl methyl sites for hydroxylation is 4. The van der Waals surface area contributed by atoms with Crippen LogP contribution >= 0.6 is 0 Å². The van der Waals surface area contributed by atoms with Crippen LogP contribution in [0, 0.1) is 52.2 Å². The lowest BCUT2D eigenvalue weighted by Gasteiger charge is -2.25. The molecule has 0 radical (unpaired) electrons. The fourth-order valence-corrected chi connectivity index (χ4v) is 14.6. The van der Waals surface area contributed by atoms with E-state index in [1.54, 1.807) is 65.2 Å². The molecule has 12 aromatic carbocycles. The lowest BCUT2D eigenvalue weighted by Crippen LogP contribution is -2.17. The van der Waals surface area contributed by atoms with Crippen molar-refractivity contribution in [3.05, 3.63) is 298 Å². The summed E-state index contributed by atoms with van der Waals surface area (Å²) in [6.45, 7) is 23.0. The molecular formula is C82H50F9N7. The van der Waals surface area contributed by atoms with E-state index in [0.717, 1.165) is 100 Å². The molecule has 0 amide bonds. The van der Waals surface area contributed by atoms with Gasteiger partial charge in [0.15, 0.2) is 11.4 Å². The second kappa shape index (κ2) is 23.0. The molecule has 7 nitrogen and oxygen atoms in total. The Balaban J connectivity index is 0.000000160. The predicted molar refractivity (Wildman–Crippen MR) is 372 cm³/mol. The molecule has 0 unspecified atom stereocenters. The van der Waals surface area contributed by atoms with E-state index in [1.165, 1.54) is 28.8 Å². The zero-order valence-corrected chi connectivity index (χ0v) is 52.5. The first-order valence-corrected chi connectivity index (χ1v) is 31.1. The Bertz CT molecular complexity index is 6190. The third-order valence-corrected chi connectivity index (χ3v) is 18.6. The molecule has 4 aromatic heterocycles. The van der Waals surface area contributed by atoms with E-state index in [4.69, 9.17) is 13.1 Å². The quantitative estimate of drug-likeness (QED) is 0.121. The van der Waals surface area contributed by atoms with Crippen LogP contribution in [0.3, 0.4) is 0 Å². The highest BCUT2D eigenvalue weighted by Gasteiger charge is 2.41. The fourth-order valence-electron chi connectivity index (χ4n) is 14.6. The largest absolute Gasteiger partial charge is 0.420 e. The van der Waals surface area contributed by atoms with E-state index in [9.17, 15) is 31.6 Å². The van der Waals surface area contributed by atoms with Crippen molar-refractivity contribution in [1.82, 2.24) is 18.3 Å². The van der Waals surface area contributed by atoms with Gasteiger partial charge in [-0.1, -0.05) is 133 Å². The summed E-state index contributed by atoms with van der Waals surface area (Å²) < 4.78 is 141. The number of benzene rings is 12. The molecule has 4 heterocycles. The van der Waals surface area contributed by atoms with Crippen molar-refractivity contribution in [1.29, 1.82) is 5.26 Å². The molecule has 0 N–H and O–H groups in total. The number of hydrogen-bond acceptors (Lipinski definition) is 1. The summed E-state index contributed by atoms with van der Waals surface area (Å²) in [5.74, 6) is 0. The highest BCUT2D eigenvalue weighted by Crippen LogP contribution is 2.51. The van der Waals surface area contributed by atoms with Crippen LogP contribution < -0.4 is 0 Å². The monoisotopic (exact) mass is 1300 g/mol. The minimum atomic E-state index is -4.99. The van der Waals surface area contributed by atoms with Crippen LogP contribution in [0.4, 0.5) is 50.9 Å². The van der Waals surface area contributed by atoms with Crippen LogP contribution in [0.2, 0.25) is 0 Å². The van der Waals surface area contributed by atoms with Gasteiger partial charge < -0.3 is 18.3 Å². The maximum atomic E-state index is 16.1. The van der Waals surface area contributed by atoms with E-state index >= 15 is 13.2 Å². The Morgan fingerprint density at radius 3 is 1.01 bits per heavy atom. The zero-order valence-electron chi connectivity index (χ0n) is 52.5. The summed E-state index contributed by atoms with van der Waals surface area (Å²) in [5, 5.41) is 18.2. The van der Waals surface area contributed by atoms with Crippen LogP contribution in [0.15, 0.2) is 231 Å². The highest BCUT2D eigenvalue weighted by molar-refractivity contribution is 6.15. The molecule has 16 rings (SSSR count). The van der Waals surface area contributed by atoms with Gasteiger partial charge in [-0.15, -0.1) is 0 Å². The van der Waals surface area contributed by atoms with Crippen molar-refractivity contribution in [2.24, 2.45) is 0 Å². The van der Waals surface area contributed by atoms with E-state index in [0.29, 0.717) is 56.0 Å². The van der Waals surface area contributed by atoms with Gasteiger partial charge in [0.2, 0.25) is 0 Å². The van der Waals surface area contributed by atoms with E-state index in [2.05, 4.69) is 39.4 Å². The van der Waals surface area contributed by atoms with Crippen molar-refractivity contribution < 1.29 is 39.5 Å². The SMILES string of the molecule is [C-]#[N+]c1cc(-c2ccc(-n3c4ccccc4c4c(C)cccc43)c(C#N)c2-n2c3ccccc3c3c(C)cccc32)cc(C(F)(F)F)c1.[C-]#[N+]c1cc(-c2ccc(-n3c4ccccc4c4c(C)cccc43)c(C(F)(F)F)c2-n2c3ccccc3c3c(C)cccc32)cc(C(F)(F)F)c1. The second-order valence-electron chi connectivity index (χ2n) is 24.4. The lowest BCUT2D eigenvalue weighted by atomic mass is 9.95. The van der Waals surface area contributed by atoms with Gasteiger partial charge in [-0.05, 0) is 158 Å². The Morgan fingerprint density at radius 2 is 0.653 bits per heavy atom. The topological polar surface area (TPSA) is 52.2 Å². The Kier molecular flexibility index (Phi) is 14.5. The normalized spacial score (nSPS) is 12.1. The molecule has 0 aliphatic heterocycles. The van der Waals surface area contributed by atoms with Gasteiger partial charge >= 0.3 is 18.5 Å². The zero-order chi connectivity index (χ0) is 68.4. The summed E-state index contributed by atoms with van der Waals surface area (Å²) in [6, 6.07) is 68.0. The van der Waals surface area contributed by atoms with Gasteiger partial charge in [0.25, 0.3) is 0 Å². The Hall–Kier alpha value is -12.3. The molecular weight excluding hydrogens is 1250 g/mol. The number of aromatic nitrogens is 4. The number of nitriles is 1. The Labute approximate surface area is 554 Å². The van der Waals surface area contributed by atoms with Gasteiger partial charge in [0.1, 0.15) is 17.2 Å². The summed E-state index contributed by atoms with van der Waals surface area (Å²) in [5.41, 5.74) is 6.96. The van der Waals surface area contributed by atoms with Gasteiger partial charge in [0, 0.05) is 65.3 Å². The van der Waals surface area contributed by atoms with E-state index < -0.39 is 35.2 Å². The number of hydrogen-bond donors (Lipinski definition) is 0. The maximum absolute atomic E-state index is 16.1. The summed E-state index contributed by atoms with van der Waals surface area (Å²) in [4.78, 5) is 6.64. The molecule has 0 fully saturated rings. The molecule has 0 spiro atoms. The third kappa shape index (κ3) is 9.79.